The Bertz CT molecular complexity index is 1560. The van der Waals surface area contributed by atoms with Gasteiger partial charge in [0.2, 0.25) is 5.95 Å². The second-order valence-electron chi connectivity index (χ2n) is 9.22. The second kappa shape index (κ2) is 11.5. The number of phosphoric acid groups is 1. The maximum atomic E-state index is 14.6. The number of carbonyl (C=O) groups excluding carboxylic acids is 1. The van der Waals surface area contributed by atoms with E-state index in [4.69, 9.17) is 37.0 Å². The number of hydrogen-bond acceptors (Lipinski definition) is 11. The van der Waals surface area contributed by atoms with Crippen LogP contribution >= 0.6 is 19.4 Å². The lowest BCUT2D eigenvalue weighted by Crippen LogP contribution is -2.53. The number of ether oxygens (including phenoxy) is 1. The molecule has 218 valence electrons. The summed E-state index contributed by atoms with van der Waals surface area (Å²) < 4.78 is 36.0. The number of phosphoric ester groups is 1. The molecule has 1 unspecified atom stereocenters. The minimum atomic E-state index is -4.93. The lowest BCUT2D eigenvalue weighted by atomic mass is 10.1. The Morgan fingerprint density at radius 1 is 1.27 bits per heavy atom. The van der Waals surface area contributed by atoms with Crippen LogP contribution in [-0.4, -0.2) is 60.1 Å². The molecule has 0 radical (unpaired) electrons. The van der Waals surface area contributed by atoms with E-state index < -0.39 is 43.9 Å². The molecule has 2 aromatic heterocycles. The van der Waals surface area contributed by atoms with E-state index in [1.165, 1.54) is 32.0 Å². The number of aliphatic carboxylic acids is 1. The predicted molar refractivity (Wildman–Crippen MR) is 144 cm³/mol. The van der Waals surface area contributed by atoms with Gasteiger partial charge in [-0.1, -0.05) is 17.7 Å². The fourth-order valence-corrected chi connectivity index (χ4v) is 4.17. The summed E-state index contributed by atoms with van der Waals surface area (Å²) in [5, 5.41) is 14.7. The number of pyridine rings is 1. The number of carboxylic acids is 1. The van der Waals surface area contributed by atoms with E-state index >= 15 is 0 Å². The maximum absolute atomic E-state index is 14.6. The number of nitrogens with one attached hydrogen (secondary N) is 2. The topological polar surface area (TPSA) is 222 Å². The van der Waals surface area contributed by atoms with Crippen LogP contribution < -0.4 is 26.0 Å². The number of hydrogen-bond donors (Lipinski definition) is 6. The van der Waals surface area contributed by atoms with Crippen LogP contribution in [0.3, 0.4) is 0 Å². The molecule has 7 N–H and O–H groups in total. The lowest BCUT2D eigenvalue weighted by molar-refractivity contribution is -0.138. The molecule has 3 heterocycles. The molecular formula is C23H24ClFN7O8P. The number of nitrogens with zero attached hydrogens (tertiary/aromatic N) is 4. The lowest BCUT2D eigenvalue weighted by Gasteiger charge is -2.37. The molecular weight excluding hydrogens is 588 g/mol. The molecule has 1 atom stereocenters. The van der Waals surface area contributed by atoms with Crippen LogP contribution in [0.25, 0.3) is 0 Å². The Labute approximate surface area is 236 Å². The van der Waals surface area contributed by atoms with Crippen LogP contribution in [0.15, 0.2) is 36.5 Å². The van der Waals surface area contributed by atoms with Gasteiger partial charge in [-0.2, -0.15) is 4.98 Å². The predicted octanol–water partition coefficient (Wildman–Crippen LogP) is 2.68. The number of anilines is 5. The van der Waals surface area contributed by atoms with Crippen molar-refractivity contribution >= 4 is 60.4 Å². The van der Waals surface area contributed by atoms with Gasteiger partial charge >= 0.3 is 13.8 Å². The van der Waals surface area contributed by atoms with Crippen molar-refractivity contribution in [1.29, 1.82) is 0 Å². The molecule has 0 bridgehead atoms. The Balaban J connectivity index is 1.56. The van der Waals surface area contributed by atoms with Gasteiger partial charge in [-0.05, 0) is 50.1 Å². The zero-order valence-electron chi connectivity index (χ0n) is 21.4. The molecule has 0 aliphatic carbocycles. The first-order valence-electron chi connectivity index (χ1n) is 11.7. The number of halogens is 2. The van der Waals surface area contributed by atoms with Crippen LogP contribution in [0.2, 0.25) is 5.02 Å². The molecule has 0 fully saturated rings. The number of carboxylic acid groups (broad SMARTS) is 1. The van der Waals surface area contributed by atoms with E-state index in [0.717, 1.165) is 11.1 Å². The van der Waals surface area contributed by atoms with Crippen molar-refractivity contribution in [1.82, 2.24) is 15.0 Å². The van der Waals surface area contributed by atoms with Crippen molar-refractivity contribution in [2.45, 2.75) is 31.9 Å². The Hall–Kier alpha value is -3.92. The third-order valence-electron chi connectivity index (χ3n) is 5.62. The average molecular weight is 612 g/mol. The van der Waals surface area contributed by atoms with Gasteiger partial charge in [0, 0.05) is 0 Å². The van der Waals surface area contributed by atoms with Gasteiger partial charge in [0.15, 0.2) is 28.8 Å². The molecule has 3 aromatic rings. The summed E-state index contributed by atoms with van der Waals surface area (Å²) in [6.07, 6.45) is 0.945. The first-order chi connectivity index (χ1) is 19.1. The number of aromatic nitrogens is 3. The molecule has 0 saturated carbocycles. The normalized spacial score (nSPS) is 15.1. The molecule has 1 amide bonds. The van der Waals surface area contributed by atoms with E-state index in [1.54, 1.807) is 12.1 Å². The maximum Gasteiger partial charge on any atom is 0.471 e. The van der Waals surface area contributed by atoms with Gasteiger partial charge < -0.3 is 36.0 Å². The molecule has 1 aliphatic heterocycles. The van der Waals surface area contributed by atoms with Gasteiger partial charge in [0.25, 0.3) is 5.91 Å². The van der Waals surface area contributed by atoms with E-state index in [-0.39, 0.29) is 40.6 Å². The molecule has 4 rings (SSSR count). The summed E-state index contributed by atoms with van der Waals surface area (Å²) in [7, 11) is -4.93. The van der Waals surface area contributed by atoms with Gasteiger partial charge in [-0.3, -0.25) is 19.0 Å². The second-order valence-corrected chi connectivity index (χ2v) is 10.9. The standard InChI is InChI=1S/C23H24ClFN7O8P/c1-23(2)21(35)32(10-39-41(36,37)38)19-16(40-23)5-6-17(30-19)29-18-13(25)9-27-22(31-18)28-15-4-3-11(7-12(15)24)8-14(26)20(33)34/h3-7,9,14H,8,10,26H2,1-2H3,(H,33,34)(H2,36,37,38)(H2,27,28,29,30,31). The summed E-state index contributed by atoms with van der Waals surface area (Å²) in [6, 6.07) is 6.45. The van der Waals surface area contributed by atoms with Crippen molar-refractivity contribution in [3.05, 3.63) is 52.9 Å². The Morgan fingerprint density at radius 2 is 2.00 bits per heavy atom. The third-order valence-corrected chi connectivity index (χ3v) is 6.38. The van der Waals surface area contributed by atoms with Gasteiger partial charge in [0.1, 0.15) is 18.6 Å². The summed E-state index contributed by atoms with van der Waals surface area (Å²) in [4.78, 5) is 55.2. The largest absolute Gasteiger partial charge is 0.480 e. The highest BCUT2D eigenvalue weighted by Crippen LogP contribution is 2.41. The number of amides is 1. The molecule has 18 heteroatoms. The smallest absolute Gasteiger partial charge is 0.471 e. The van der Waals surface area contributed by atoms with Gasteiger partial charge in [0.05, 0.1) is 16.9 Å². The van der Waals surface area contributed by atoms with Crippen molar-refractivity contribution in [2.75, 3.05) is 22.3 Å². The first-order valence-corrected chi connectivity index (χ1v) is 13.6. The number of carbonyl (C=O) groups is 2. The average Bonchev–Trinajstić information content (AvgIpc) is 2.87. The SMILES string of the molecule is CC1(C)Oc2ccc(Nc3nc(Nc4ccc(CC(N)C(=O)O)cc4Cl)ncc3F)nc2N(COP(=O)(O)O)C1=O. The van der Waals surface area contributed by atoms with Gasteiger partial charge in [-0.25, -0.2) is 18.9 Å². The highest BCUT2D eigenvalue weighted by atomic mass is 35.5. The summed E-state index contributed by atoms with van der Waals surface area (Å²) in [5.74, 6) is -3.07. The van der Waals surface area contributed by atoms with Crippen molar-refractivity contribution in [3.63, 3.8) is 0 Å². The van der Waals surface area contributed by atoms with Crippen molar-refractivity contribution in [3.8, 4) is 5.75 Å². The van der Waals surface area contributed by atoms with Crippen LogP contribution in [-0.2, 0) is 25.1 Å². The quantitative estimate of drug-likeness (QED) is 0.181. The minimum absolute atomic E-state index is 0.00161. The van der Waals surface area contributed by atoms with Gasteiger partial charge in [-0.15, -0.1) is 0 Å². The minimum Gasteiger partial charge on any atom is -0.480 e. The zero-order valence-corrected chi connectivity index (χ0v) is 23.1. The molecule has 1 aromatic carbocycles. The fraction of sp³-hybridized carbons (Fsp3) is 0.261. The zero-order chi connectivity index (χ0) is 30.1. The van der Waals surface area contributed by atoms with E-state index in [9.17, 15) is 18.5 Å². The summed E-state index contributed by atoms with van der Waals surface area (Å²) >= 11 is 6.30. The van der Waals surface area contributed by atoms with E-state index in [0.29, 0.717) is 11.3 Å². The molecule has 41 heavy (non-hydrogen) atoms. The molecule has 15 nitrogen and oxygen atoms in total. The van der Waals surface area contributed by atoms with Crippen molar-refractivity contribution < 1.29 is 42.7 Å². The Morgan fingerprint density at radius 3 is 2.66 bits per heavy atom. The molecule has 0 saturated heterocycles. The number of rotatable bonds is 10. The fourth-order valence-electron chi connectivity index (χ4n) is 3.66. The highest BCUT2D eigenvalue weighted by Gasteiger charge is 2.42. The number of fused-ring (bicyclic) bond motifs is 1. The first kappa shape index (κ1) is 30.0. The number of benzene rings is 1. The Kier molecular flexibility index (Phi) is 8.44. The number of nitrogens with two attached hydrogens (primary N) is 1. The van der Waals surface area contributed by atoms with Crippen LogP contribution in [0.4, 0.5) is 33.5 Å². The molecule has 0 spiro atoms. The van der Waals surface area contributed by atoms with Crippen LogP contribution in [0.1, 0.15) is 19.4 Å². The highest BCUT2D eigenvalue weighted by molar-refractivity contribution is 7.46. The van der Waals surface area contributed by atoms with Crippen LogP contribution in [0.5, 0.6) is 5.75 Å². The molecule has 1 aliphatic rings. The monoisotopic (exact) mass is 611 g/mol. The van der Waals surface area contributed by atoms with Crippen molar-refractivity contribution in [2.24, 2.45) is 5.73 Å². The van der Waals surface area contributed by atoms with E-state index in [1.807, 2.05) is 0 Å². The summed E-state index contributed by atoms with van der Waals surface area (Å²) in [5.41, 5.74) is 5.11. The third kappa shape index (κ3) is 7.24. The summed E-state index contributed by atoms with van der Waals surface area (Å²) in [6.45, 7) is 2.10. The van der Waals surface area contributed by atoms with Crippen LogP contribution in [0, 0.1) is 5.82 Å². The van der Waals surface area contributed by atoms with E-state index in [2.05, 4.69) is 30.1 Å².